The summed E-state index contributed by atoms with van der Waals surface area (Å²) in [4.78, 5) is 15.4. The molecule has 0 fully saturated rings. The van der Waals surface area contributed by atoms with Crippen LogP contribution >= 0.6 is 23.2 Å². The molecule has 0 bridgehead atoms. The van der Waals surface area contributed by atoms with Crippen molar-refractivity contribution in [2.45, 2.75) is 6.92 Å². The van der Waals surface area contributed by atoms with Crippen molar-refractivity contribution in [1.82, 2.24) is 10.4 Å². The number of carbonyl (C=O) groups excluding carboxylic acids is 1. The number of nitrogens with one attached hydrogen (secondary N) is 2. The lowest BCUT2D eigenvalue weighted by Gasteiger charge is -2.05. The summed E-state index contributed by atoms with van der Waals surface area (Å²) in [5, 5.41) is 6.05. The van der Waals surface area contributed by atoms with E-state index < -0.39 is 0 Å². The normalized spacial score (nSPS) is 11.7. The van der Waals surface area contributed by atoms with Crippen LogP contribution < -0.4 is 5.43 Å². The molecule has 1 amide bonds. The first-order valence-electron chi connectivity index (χ1n) is 6.92. The van der Waals surface area contributed by atoms with Gasteiger partial charge in [-0.2, -0.15) is 5.10 Å². The Morgan fingerprint density at radius 2 is 1.91 bits per heavy atom. The third-order valence-corrected chi connectivity index (χ3v) is 4.04. The van der Waals surface area contributed by atoms with Gasteiger partial charge in [-0.05, 0) is 31.2 Å². The Bertz CT molecular complexity index is 915. The van der Waals surface area contributed by atoms with Crippen LogP contribution in [0.2, 0.25) is 10.0 Å². The first-order valence-corrected chi connectivity index (χ1v) is 7.68. The second-order valence-corrected chi connectivity index (χ2v) is 5.85. The molecular formula is C17H13Cl2N3O. The van der Waals surface area contributed by atoms with E-state index in [1.165, 1.54) is 0 Å². The van der Waals surface area contributed by atoms with Gasteiger partial charge in [0.2, 0.25) is 0 Å². The standard InChI is InChI=1S/C17H13Cl2N3O/c1-10(13-8-11(18)6-7-15(13)19)21-22-17(23)14-9-20-16-5-3-2-4-12(14)16/h2-9,20H,1H3,(H,22,23)/b21-10-. The average Bonchev–Trinajstić information content (AvgIpc) is 2.98. The van der Waals surface area contributed by atoms with E-state index in [0.29, 0.717) is 26.9 Å². The van der Waals surface area contributed by atoms with Gasteiger partial charge in [-0.3, -0.25) is 4.79 Å². The van der Waals surface area contributed by atoms with Crippen LogP contribution in [0.3, 0.4) is 0 Å². The minimum Gasteiger partial charge on any atom is -0.360 e. The van der Waals surface area contributed by atoms with E-state index in [4.69, 9.17) is 23.2 Å². The predicted molar refractivity (Wildman–Crippen MR) is 94.4 cm³/mol. The van der Waals surface area contributed by atoms with E-state index in [1.54, 1.807) is 31.3 Å². The Labute approximate surface area is 143 Å². The van der Waals surface area contributed by atoms with Crippen molar-refractivity contribution >= 4 is 45.7 Å². The highest BCUT2D eigenvalue weighted by Crippen LogP contribution is 2.21. The van der Waals surface area contributed by atoms with E-state index in [2.05, 4.69) is 15.5 Å². The molecule has 4 nitrogen and oxygen atoms in total. The highest BCUT2D eigenvalue weighted by Gasteiger charge is 2.11. The van der Waals surface area contributed by atoms with Gasteiger partial charge in [0.25, 0.3) is 5.91 Å². The number of hydrogen-bond acceptors (Lipinski definition) is 2. The molecule has 2 aromatic carbocycles. The summed E-state index contributed by atoms with van der Waals surface area (Å²) in [6.45, 7) is 1.76. The van der Waals surface area contributed by atoms with Crippen LogP contribution in [0.1, 0.15) is 22.8 Å². The van der Waals surface area contributed by atoms with Crippen molar-refractivity contribution in [3.63, 3.8) is 0 Å². The summed E-state index contributed by atoms with van der Waals surface area (Å²) in [6.07, 6.45) is 1.66. The lowest BCUT2D eigenvalue weighted by molar-refractivity contribution is 0.0956. The Morgan fingerprint density at radius 1 is 1.13 bits per heavy atom. The maximum atomic E-state index is 12.3. The fourth-order valence-electron chi connectivity index (χ4n) is 2.29. The van der Waals surface area contributed by atoms with Crippen LogP contribution in [0.15, 0.2) is 53.8 Å². The number of rotatable bonds is 3. The fourth-order valence-corrected chi connectivity index (χ4v) is 2.72. The monoisotopic (exact) mass is 345 g/mol. The molecule has 3 aromatic rings. The second kappa shape index (κ2) is 6.44. The van der Waals surface area contributed by atoms with Crippen LogP contribution in [0.5, 0.6) is 0 Å². The number of benzene rings is 2. The fraction of sp³-hybridized carbons (Fsp3) is 0.0588. The second-order valence-electron chi connectivity index (χ2n) is 5.01. The Balaban J connectivity index is 1.84. The van der Waals surface area contributed by atoms with Gasteiger partial charge in [0.05, 0.1) is 11.3 Å². The van der Waals surface area contributed by atoms with Gasteiger partial charge in [-0.1, -0.05) is 41.4 Å². The number of carbonyl (C=O) groups is 1. The van der Waals surface area contributed by atoms with Crippen molar-refractivity contribution in [2.75, 3.05) is 0 Å². The number of hydrogen-bond donors (Lipinski definition) is 2. The van der Waals surface area contributed by atoms with Crippen molar-refractivity contribution in [1.29, 1.82) is 0 Å². The highest BCUT2D eigenvalue weighted by molar-refractivity contribution is 6.36. The van der Waals surface area contributed by atoms with Crippen molar-refractivity contribution in [3.8, 4) is 0 Å². The topological polar surface area (TPSA) is 57.2 Å². The smallest absolute Gasteiger partial charge is 0.273 e. The van der Waals surface area contributed by atoms with Crippen LogP contribution in [0, 0.1) is 0 Å². The lowest BCUT2D eigenvalue weighted by atomic mass is 10.1. The number of fused-ring (bicyclic) bond motifs is 1. The van der Waals surface area contributed by atoms with Crippen LogP contribution in [-0.4, -0.2) is 16.6 Å². The first kappa shape index (κ1) is 15.6. The molecule has 0 atom stereocenters. The Morgan fingerprint density at radius 3 is 2.74 bits per heavy atom. The Kier molecular flexibility index (Phi) is 4.37. The van der Waals surface area contributed by atoms with Crippen molar-refractivity contribution in [2.24, 2.45) is 5.10 Å². The van der Waals surface area contributed by atoms with Crippen molar-refractivity contribution < 1.29 is 4.79 Å². The van der Waals surface area contributed by atoms with Crippen LogP contribution in [0.4, 0.5) is 0 Å². The molecule has 0 aliphatic heterocycles. The molecule has 6 heteroatoms. The van der Waals surface area contributed by atoms with Gasteiger partial charge in [0.1, 0.15) is 0 Å². The largest absolute Gasteiger partial charge is 0.360 e. The van der Waals surface area contributed by atoms with E-state index >= 15 is 0 Å². The number of hydrazone groups is 1. The molecule has 0 unspecified atom stereocenters. The molecule has 116 valence electrons. The summed E-state index contributed by atoms with van der Waals surface area (Å²) >= 11 is 12.1. The van der Waals surface area contributed by atoms with Crippen LogP contribution in [0.25, 0.3) is 10.9 Å². The number of aromatic nitrogens is 1. The molecule has 0 aliphatic carbocycles. The van der Waals surface area contributed by atoms with Gasteiger partial charge in [0.15, 0.2) is 0 Å². The van der Waals surface area contributed by atoms with E-state index in [9.17, 15) is 4.79 Å². The minimum atomic E-state index is -0.292. The van der Waals surface area contributed by atoms with Gasteiger partial charge >= 0.3 is 0 Å². The van der Waals surface area contributed by atoms with Crippen LogP contribution in [-0.2, 0) is 0 Å². The maximum Gasteiger partial charge on any atom is 0.273 e. The van der Waals surface area contributed by atoms with Gasteiger partial charge in [0, 0.05) is 32.7 Å². The number of H-pyrrole nitrogens is 1. The highest BCUT2D eigenvalue weighted by atomic mass is 35.5. The number of aromatic amines is 1. The summed E-state index contributed by atoms with van der Waals surface area (Å²) in [5.41, 5.74) is 5.24. The molecule has 3 rings (SSSR count). The summed E-state index contributed by atoms with van der Waals surface area (Å²) in [5.74, 6) is -0.292. The predicted octanol–water partition coefficient (Wildman–Crippen LogP) is 4.63. The lowest BCUT2D eigenvalue weighted by Crippen LogP contribution is -2.19. The molecule has 0 spiro atoms. The zero-order chi connectivity index (χ0) is 16.4. The van der Waals surface area contributed by atoms with E-state index in [1.807, 2.05) is 24.3 Å². The van der Waals surface area contributed by atoms with Crippen molar-refractivity contribution in [3.05, 3.63) is 69.8 Å². The van der Waals surface area contributed by atoms with E-state index in [-0.39, 0.29) is 5.91 Å². The molecule has 2 N–H and O–H groups in total. The average molecular weight is 346 g/mol. The van der Waals surface area contributed by atoms with Gasteiger partial charge in [-0.15, -0.1) is 0 Å². The third kappa shape index (κ3) is 3.23. The minimum absolute atomic E-state index is 0.292. The quantitative estimate of drug-likeness (QED) is 0.527. The first-order chi connectivity index (χ1) is 11.1. The number of amides is 1. The van der Waals surface area contributed by atoms with Gasteiger partial charge < -0.3 is 4.98 Å². The van der Waals surface area contributed by atoms with E-state index in [0.717, 1.165) is 10.9 Å². The number of halogens is 2. The molecule has 0 radical (unpaired) electrons. The molecular weight excluding hydrogens is 333 g/mol. The SMILES string of the molecule is C/C(=N/NC(=O)c1c[nH]c2ccccc12)c1cc(Cl)ccc1Cl. The molecule has 0 saturated carbocycles. The molecule has 0 saturated heterocycles. The number of para-hydroxylation sites is 1. The molecule has 0 aliphatic rings. The molecule has 23 heavy (non-hydrogen) atoms. The molecule has 1 heterocycles. The summed E-state index contributed by atoms with van der Waals surface area (Å²) in [6, 6.07) is 12.7. The third-order valence-electron chi connectivity index (χ3n) is 3.48. The summed E-state index contributed by atoms with van der Waals surface area (Å²) < 4.78 is 0. The molecule has 1 aromatic heterocycles. The number of nitrogens with zero attached hydrogens (tertiary/aromatic N) is 1. The maximum absolute atomic E-state index is 12.3. The summed E-state index contributed by atoms with van der Waals surface area (Å²) in [7, 11) is 0. The zero-order valence-corrected chi connectivity index (χ0v) is 13.7. The van der Waals surface area contributed by atoms with Gasteiger partial charge in [-0.25, -0.2) is 5.43 Å². The zero-order valence-electron chi connectivity index (χ0n) is 12.2. The Hall–Kier alpha value is -2.30.